The Labute approximate surface area is 369 Å². The van der Waals surface area contributed by atoms with Crippen LogP contribution in [0.5, 0.6) is 0 Å². The van der Waals surface area contributed by atoms with Gasteiger partial charge in [-0.2, -0.15) is 0 Å². The molecule has 296 valence electrons. The molecule has 1 nitrogen and oxygen atoms in total. The van der Waals surface area contributed by atoms with Crippen LogP contribution in [0, 0.1) is 0 Å². The number of hydrogen-bond donors (Lipinski definition) is 0. The SMILES string of the molecule is c1ccc(-c2ccccc2-c2ccccc2-c2ccccc2N(c2ccc(-c3ccc(-c4ccc5ccccc5c4)cc3)cc2)c2cccc(-c3cccc4ccccc34)c2)cc1. The monoisotopic (exact) mass is 801 g/mol. The first kappa shape index (κ1) is 37.7. The Morgan fingerprint density at radius 2 is 0.683 bits per heavy atom. The molecule has 0 heterocycles. The van der Waals surface area contributed by atoms with E-state index in [1.54, 1.807) is 0 Å². The first-order chi connectivity index (χ1) is 31.2. The summed E-state index contributed by atoms with van der Waals surface area (Å²) >= 11 is 0. The molecule has 0 atom stereocenters. The number of anilines is 3. The van der Waals surface area contributed by atoms with Crippen molar-refractivity contribution in [2.75, 3.05) is 4.90 Å². The van der Waals surface area contributed by atoms with Crippen molar-refractivity contribution in [2.45, 2.75) is 0 Å². The van der Waals surface area contributed by atoms with Crippen LogP contribution in [0.15, 0.2) is 261 Å². The Morgan fingerprint density at radius 3 is 1.43 bits per heavy atom. The molecule has 0 spiro atoms. The van der Waals surface area contributed by atoms with Crippen LogP contribution in [-0.4, -0.2) is 0 Å². The molecule has 11 aromatic carbocycles. The van der Waals surface area contributed by atoms with Gasteiger partial charge in [-0.1, -0.05) is 224 Å². The number of fused-ring (bicyclic) bond motifs is 2. The van der Waals surface area contributed by atoms with Gasteiger partial charge >= 0.3 is 0 Å². The summed E-state index contributed by atoms with van der Waals surface area (Å²) in [5, 5.41) is 4.98. The lowest BCUT2D eigenvalue weighted by Crippen LogP contribution is -2.11. The van der Waals surface area contributed by atoms with E-state index in [4.69, 9.17) is 0 Å². The molecule has 0 aliphatic carbocycles. The highest BCUT2D eigenvalue weighted by atomic mass is 15.1. The van der Waals surface area contributed by atoms with Crippen molar-refractivity contribution in [3.63, 3.8) is 0 Å². The minimum Gasteiger partial charge on any atom is -0.310 e. The zero-order valence-electron chi connectivity index (χ0n) is 34.8. The maximum atomic E-state index is 2.43. The number of hydrogen-bond acceptors (Lipinski definition) is 1. The molecule has 0 N–H and O–H groups in total. The third-order valence-electron chi connectivity index (χ3n) is 12.3. The normalized spacial score (nSPS) is 11.2. The Balaban J connectivity index is 1.03. The van der Waals surface area contributed by atoms with E-state index in [0.29, 0.717) is 0 Å². The lowest BCUT2D eigenvalue weighted by Gasteiger charge is -2.29. The fraction of sp³-hybridized carbons (Fsp3) is 0. The van der Waals surface area contributed by atoms with Gasteiger partial charge < -0.3 is 4.90 Å². The molecule has 0 fully saturated rings. The topological polar surface area (TPSA) is 3.24 Å². The maximum Gasteiger partial charge on any atom is 0.0540 e. The molecule has 63 heavy (non-hydrogen) atoms. The second-order valence-electron chi connectivity index (χ2n) is 16.1. The summed E-state index contributed by atoms with van der Waals surface area (Å²) in [5.41, 5.74) is 17.6. The molecular weight excluding hydrogens is 759 g/mol. The molecule has 1 heteroatoms. The smallest absolute Gasteiger partial charge is 0.0540 e. The van der Waals surface area contributed by atoms with Crippen molar-refractivity contribution in [1.82, 2.24) is 0 Å². The van der Waals surface area contributed by atoms with E-state index in [1.807, 2.05) is 0 Å². The minimum atomic E-state index is 1.08. The van der Waals surface area contributed by atoms with Gasteiger partial charge in [0, 0.05) is 16.9 Å². The Kier molecular flexibility index (Phi) is 9.97. The van der Waals surface area contributed by atoms with Gasteiger partial charge in [0.25, 0.3) is 0 Å². The predicted molar refractivity (Wildman–Crippen MR) is 269 cm³/mol. The Morgan fingerprint density at radius 1 is 0.206 bits per heavy atom. The first-order valence-corrected chi connectivity index (χ1v) is 21.7. The minimum absolute atomic E-state index is 1.08. The van der Waals surface area contributed by atoms with Crippen LogP contribution >= 0.6 is 0 Å². The lowest BCUT2D eigenvalue weighted by atomic mass is 9.88. The number of nitrogens with zero attached hydrogens (tertiary/aromatic N) is 1. The molecular formula is C62H43N. The summed E-state index contributed by atoms with van der Waals surface area (Å²) in [5.74, 6) is 0. The third-order valence-corrected chi connectivity index (χ3v) is 12.3. The molecule has 0 bridgehead atoms. The fourth-order valence-electron chi connectivity index (χ4n) is 9.18. The van der Waals surface area contributed by atoms with Crippen LogP contribution in [0.25, 0.3) is 88.3 Å². The van der Waals surface area contributed by atoms with Gasteiger partial charge in [-0.3, -0.25) is 0 Å². The lowest BCUT2D eigenvalue weighted by molar-refractivity contribution is 1.28. The number of para-hydroxylation sites is 1. The summed E-state index contributed by atoms with van der Waals surface area (Å²) in [7, 11) is 0. The Bertz CT molecular complexity index is 3380. The second-order valence-corrected chi connectivity index (χ2v) is 16.1. The van der Waals surface area contributed by atoms with E-state index < -0.39 is 0 Å². The molecule has 0 radical (unpaired) electrons. The molecule has 0 amide bonds. The molecule has 11 aromatic rings. The van der Waals surface area contributed by atoms with Gasteiger partial charge in [0.1, 0.15) is 0 Å². The van der Waals surface area contributed by atoms with E-state index in [1.165, 1.54) is 82.7 Å². The van der Waals surface area contributed by atoms with Crippen LogP contribution in [0.1, 0.15) is 0 Å². The van der Waals surface area contributed by atoms with Gasteiger partial charge in [0.15, 0.2) is 0 Å². The predicted octanol–water partition coefficient (Wildman–Crippen LogP) is 17.5. The maximum absolute atomic E-state index is 2.43. The molecule has 0 unspecified atom stereocenters. The van der Waals surface area contributed by atoms with Crippen molar-refractivity contribution in [3.8, 4) is 66.8 Å². The van der Waals surface area contributed by atoms with Gasteiger partial charge in [-0.05, 0) is 119 Å². The van der Waals surface area contributed by atoms with Crippen LogP contribution in [-0.2, 0) is 0 Å². The largest absolute Gasteiger partial charge is 0.310 e. The standard InChI is InChI=1S/C62H43N/c1-2-17-48(18-3-1)56-25-8-9-26-58(56)59-27-10-11-28-60(59)61-29-12-13-31-62(61)63(54-23-14-22-52(43-54)57-30-15-21-49-19-6-7-24-55(49)57)53-40-38-46(39-41-53)45-32-34-47(35-33-45)51-37-36-44-16-4-5-20-50(44)42-51/h1-43H. The highest BCUT2D eigenvalue weighted by molar-refractivity contribution is 6.00. The summed E-state index contributed by atoms with van der Waals surface area (Å²) in [4.78, 5) is 2.43. The fourth-order valence-corrected chi connectivity index (χ4v) is 9.18. The molecule has 11 rings (SSSR count). The van der Waals surface area contributed by atoms with Crippen LogP contribution < -0.4 is 4.90 Å². The van der Waals surface area contributed by atoms with Gasteiger partial charge in [-0.25, -0.2) is 0 Å². The summed E-state index contributed by atoms with van der Waals surface area (Å²) in [6, 6.07) is 94.7. The molecule has 0 saturated heterocycles. The summed E-state index contributed by atoms with van der Waals surface area (Å²) in [6.45, 7) is 0. The third kappa shape index (κ3) is 7.37. The average Bonchev–Trinajstić information content (AvgIpc) is 3.37. The van der Waals surface area contributed by atoms with Crippen molar-refractivity contribution in [3.05, 3.63) is 261 Å². The van der Waals surface area contributed by atoms with E-state index in [2.05, 4.69) is 266 Å². The second kappa shape index (κ2) is 16.7. The quantitative estimate of drug-likeness (QED) is 0.141. The van der Waals surface area contributed by atoms with Crippen LogP contribution in [0.4, 0.5) is 17.1 Å². The van der Waals surface area contributed by atoms with E-state index in [9.17, 15) is 0 Å². The van der Waals surface area contributed by atoms with Crippen molar-refractivity contribution < 1.29 is 0 Å². The van der Waals surface area contributed by atoms with Crippen molar-refractivity contribution in [1.29, 1.82) is 0 Å². The van der Waals surface area contributed by atoms with E-state index in [0.717, 1.165) is 22.6 Å². The van der Waals surface area contributed by atoms with Crippen molar-refractivity contribution >= 4 is 38.6 Å². The molecule has 0 aromatic heterocycles. The zero-order chi connectivity index (χ0) is 42.0. The van der Waals surface area contributed by atoms with Gasteiger partial charge in [-0.15, -0.1) is 0 Å². The number of benzene rings is 11. The van der Waals surface area contributed by atoms with E-state index in [-0.39, 0.29) is 0 Å². The molecule has 0 aliphatic heterocycles. The Hall–Kier alpha value is -8.26. The van der Waals surface area contributed by atoms with Crippen LogP contribution in [0.2, 0.25) is 0 Å². The van der Waals surface area contributed by atoms with E-state index >= 15 is 0 Å². The molecule has 0 aliphatic rings. The highest BCUT2D eigenvalue weighted by Crippen LogP contribution is 2.46. The highest BCUT2D eigenvalue weighted by Gasteiger charge is 2.21. The van der Waals surface area contributed by atoms with Crippen molar-refractivity contribution in [2.24, 2.45) is 0 Å². The zero-order valence-corrected chi connectivity index (χ0v) is 34.8. The van der Waals surface area contributed by atoms with Gasteiger partial charge in [0.2, 0.25) is 0 Å². The summed E-state index contributed by atoms with van der Waals surface area (Å²) in [6.07, 6.45) is 0. The molecule has 0 saturated carbocycles. The van der Waals surface area contributed by atoms with Crippen LogP contribution in [0.3, 0.4) is 0 Å². The van der Waals surface area contributed by atoms with Gasteiger partial charge in [0.05, 0.1) is 5.69 Å². The average molecular weight is 802 g/mol. The number of rotatable bonds is 9. The summed E-state index contributed by atoms with van der Waals surface area (Å²) < 4.78 is 0. The first-order valence-electron chi connectivity index (χ1n) is 21.7.